The second kappa shape index (κ2) is 5.88. The maximum atomic E-state index is 12.8. The van der Waals surface area contributed by atoms with E-state index in [1.807, 2.05) is 13.8 Å². The zero-order valence-corrected chi connectivity index (χ0v) is 12.9. The highest BCUT2D eigenvalue weighted by Crippen LogP contribution is 2.23. The molecular formula is C14H19N5O3. The van der Waals surface area contributed by atoms with Crippen molar-refractivity contribution in [1.82, 2.24) is 25.2 Å². The SMILES string of the molecule is CCc1noc(C)c1C(=O)N1CCO[C@@H](c2n[nH]c(C)n2)C1. The molecule has 2 aromatic heterocycles. The molecule has 3 rings (SSSR count). The van der Waals surface area contributed by atoms with Crippen LogP contribution in [0.4, 0.5) is 0 Å². The van der Waals surface area contributed by atoms with Crippen molar-refractivity contribution in [2.45, 2.75) is 33.3 Å². The maximum absolute atomic E-state index is 12.8. The third-order valence-electron chi connectivity index (χ3n) is 3.74. The van der Waals surface area contributed by atoms with Crippen LogP contribution >= 0.6 is 0 Å². The zero-order chi connectivity index (χ0) is 15.7. The van der Waals surface area contributed by atoms with Gasteiger partial charge in [-0.25, -0.2) is 4.98 Å². The zero-order valence-electron chi connectivity index (χ0n) is 12.9. The maximum Gasteiger partial charge on any atom is 0.259 e. The minimum atomic E-state index is -0.312. The quantitative estimate of drug-likeness (QED) is 0.914. The molecule has 0 aromatic carbocycles. The van der Waals surface area contributed by atoms with Gasteiger partial charge in [0.05, 0.1) is 18.8 Å². The van der Waals surface area contributed by atoms with Gasteiger partial charge < -0.3 is 14.2 Å². The van der Waals surface area contributed by atoms with Gasteiger partial charge in [0.1, 0.15) is 23.3 Å². The van der Waals surface area contributed by atoms with E-state index in [1.165, 1.54) is 0 Å². The smallest absolute Gasteiger partial charge is 0.259 e. The highest BCUT2D eigenvalue weighted by molar-refractivity contribution is 5.96. The lowest BCUT2D eigenvalue weighted by Crippen LogP contribution is -2.43. The molecule has 1 aliphatic heterocycles. The van der Waals surface area contributed by atoms with Gasteiger partial charge in [0.2, 0.25) is 0 Å². The molecule has 0 saturated carbocycles. The van der Waals surface area contributed by atoms with Crippen molar-refractivity contribution in [3.63, 3.8) is 0 Å². The van der Waals surface area contributed by atoms with Crippen molar-refractivity contribution in [2.24, 2.45) is 0 Å². The number of carbonyl (C=O) groups excluding carboxylic acids is 1. The Morgan fingerprint density at radius 1 is 1.45 bits per heavy atom. The fourth-order valence-electron chi connectivity index (χ4n) is 2.59. The van der Waals surface area contributed by atoms with Crippen LogP contribution < -0.4 is 0 Å². The number of ether oxygens (including phenoxy) is 1. The summed E-state index contributed by atoms with van der Waals surface area (Å²) < 4.78 is 10.8. The van der Waals surface area contributed by atoms with Crippen molar-refractivity contribution in [3.05, 3.63) is 28.7 Å². The average molecular weight is 305 g/mol. The van der Waals surface area contributed by atoms with E-state index in [1.54, 1.807) is 11.8 Å². The van der Waals surface area contributed by atoms with Crippen LogP contribution in [0, 0.1) is 13.8 Å². The van der Waals surface area contributed by atoms with Gasteiger partial charge >= 0.3 is 0 Å². The van der Waals surface area contributed by atoms with Crippen molar-refractivity contribution >= 4 is 5.91 Å². The molecule has 0 unspecified atom stereocenters. The van der Waals surface area contributed by atoms with Gasteiger partial charge in [-0.2, -0.15) is 5.10 Å². The number of amides is 1. The normalized spacial score (nSPS) is 18.7. The standard InChI is InChI=1S/C14H19N5O3/c1-4-10-12(8(2)22-18-10)14(20)19-5-6-21-11(7-19)13-15-9(3)16-17-13/h11H,4-7H2,1-3H3,(H,15,16,17)/t11-/m1/s1. The van der Waals surface area contributed by atoms with Gasteiger partial charge in [-0.1, -0.05) is 12.1 Å². The van der Waals surface area contributed by atoms with E-state index in [9.17, 15) is 4.79 Å². The molecule has 3 heterocycles. The first-order valence-corrected chi connectivity index (χ1v) is 7.35. The number of aromatic amines is 1. The Morgan fingerprint density at radius 2 is 2.27 bits per heavy atom. The van der Waals surface area contributed by atoms with E-state index in [0.29, 0.717) is 49.0 Å². The van der Waals surface area contributed by atoms with Gasteiger partial charge in [-0.3, -0.25) is 9.89 Å². The molecule has 22 heavy (non-hydrogen) atoms. The molecular weight excluding hydrogens is 286 g/mol. The number of nitrogens with one attached hydrogen (secondary N) is 1. The molecule has 8 nitrogen and oxygen atoms in total. The van der Waals surface area contributed by atoms with E-state index in [2.05, 4.69) is 20.3 Å². The van der Waals surface area contributed by atoms with E-state index >= 15 is 0 Å². The highest BCUT2D eigenvalue weighted by Gasteiger charge is 2.31. The van der Waals surface area contributed by atoms with Gasteiger partial charge in [-0.15, -0.1) is 0 Å². The van der Waals surface area contributed by atoms with Crippen LogP contribution in [0.3, 0.4) is 0 Å². The van der Waals surface area contributed by atoms with Crippen molar-refractivity contribution in [1.29, 1.82) is 0 Å². The Hall–Kier alpha value is -2.22. The molecule has 2 aromatic rings. The molecule has 1 fully saturated rings. The lowest BCUT2D eigenvalue weighted by Gasteiger charge is -2.31. The van der Waals surface area contributed by atoms with Crippen molar-refractivity contribution in [2.75, 3.05) is 19.7 Å². The first-order valence-electron chi connectivity index (χ1n) is 7.35. The van der Waals surface area contributed by atoms with Crippen molar-refractivity contribution in [3.8, 4) is 0 Å². The molecule has 0 spiro atoms. The number of hydrogen-bond donors (Lipinski definition) is 1. The second-order valence-electron chi connectivity index (χ2n) is 5.30. The summed E-state index contributed by atoms with van der Waals surface area (Å²) in [6.45, 7) is 6.95. The van der Waals surface area contributed by atoms with Crippen LogP contribution in [0.15, 0.2) is 4.52 Å². The number of aromatic nitrogens is 4. The summed E-state index contributed by atoms with van der Waals surface area (Å²) >= 11 is 0. The van der Waals surface area contributed by atoms with E-state index in [0.717, 1.165) is 5.82 Å². The molecule has 0 aliphatic carbocycles. The summed E-state index contributed by atoms with van der Waals surface area (Å²) in [5.41, 5.74) is 1.26. The lowest BCUT2D eigenvalue weighted by atomic mass is 10.1. The van der Waals surface area contributed by atoms with Gasteiger partial charge in [0.15, 0.2) is 5.82 Å². The largest absolute Gasteiger partial charge is 0.366 e. The fourth-order valence-corrected chi connectivity index (χ4v) is 2.59. The molecule has 118 valence electrons. The van der Waals surface area contributed by atoms with Crippen LogP contribution in [0.2, 0.25) is 0 Å². The fraction of sp³-hybridized carbons (Fsp3) is 0.571. The minimum absolute atomic E-state index is 0.0730. The molecule has 1 atom stereocenters. The molecule has 8 heteroatoms. The van der Waals surface area contributed by atoms with E-state index in [4.69, 9.17) is 9.26 Å². The predicted molar refractivity (Wildman–Crippen MR) is 76.3 cm³/mol. The highest BCUT2D eigenvalue weighted by atomic mass is 16.5. The second-order valence-corrected chi connectivity index (χ2v) is 5.30. The molecule has 1 amide bonds. The molecule has 1 N–H and O–H groups in total. The molecule has 0 bridgehead atoms. The van der Waals surface area contributed by atoms with Crippen LogP contribution in [0.1, 0.15) is 46.5 Å². The first-order chi connectivity index (χ1) is 10.6. The summed E-state index contributed by atoms with van der Waals surface area (Å²) in [6, 6.07) is 0. The first kappa shape index (κ1) is 14.7. The predicted octanol–water partition coefficient (Wildman–Crippen LogP) is 1.19. The van der Waals surface area contributed by atoms with Crippen LogP contribution in [0.5, 0.6) is 0 Å². The summed E-state index contributed by atoms with van der Waals surface area (Å²) in [5.74, 6) is 1.78. The number of rotatable bonds is 3. The summed E-state index contributed by atoms with van der Waals surface area (Å²) in [7, 11) is 0. The third kappa shape index (κ3) is 2.61. The molecule has 1 aliphatic rings. The van der Waals surface area contributed by atoms with Crippen LogP contribution in [0.25, 0.3) is 0 Å². The van der Waals surface area contributed by atoms with E-state index < -0.39 is 0 Å². The lowest BCUT2D eigenvalue weighted by molar-refractivity contribution is -0.0267. The third-order valence-corrected chi connectivity index (χ3v) is 3.74. The summed E-state index contributed by atoms with van der Waals surface area (Å²) in [6.07, 6.45) is 0.347. The van der Waals surface area contributed by atoms with E-state index in [-0.39, 0.29) is 12.0 Å². The Bertz CT molecular complexity index is 678. The number of aryl methyl sites for hydroxylation is 3. The Balaban J connectivity index is 1.79. The molecule has 0 radical (unpaired) electrons. The van der Waals surface area contributed by atoms with Gasteiger partial charge in [0.25, 0.3) is 5.91 Å². The minimum Gasteiger partial charge on any atom is -0.366 e. The van der Waals surface area contributed by atoms with Gasteiger partial charge in [0, 0.05) is 6.54 Å². The monoisotopic (exact) mass is 305 g/mol. The van der Waals surface area contributed by atoms with Crippen LogP contribution in [-0.2, 0) is 11.2 Å². The van der Waals surface area contributed by atoms with Crippen LogP contribution in [-0.4, -0.2) is 50.8 Å². The number of nitrogens with zero attached hydrogens (tertiary/aromatic N) is 4. The number of hydrogen-bond acceptors (Lipinski definition) is 6. The Morgan fingerprint density at radius 3 is 2.95 bits per heavy atom. The number of carbonyl (C=O) groups is 1. The number of H-pyrrole nitrogens is 1. The summed E-state index contributed by atoms with van der Waals surface area (Å²) in [5, 5.41) is 10.9. The Kier molecular flexibility index (Phi) is 3.93. The molecule has 1 saturated heterocycles. The van der Waals surface area contributed by atoms with Gasteiger partial charge in [-0.05, 0) is 20.3 Å². The summed E-state index contributed by atoms with van der Waals surface area (Å²) in [4.78, 5) is 18.8. The van der Waals surface area contributed by atoms with Crippen molar-refractivity contribution < 1.29 is 14.1 Å². The topological polar surface area (TPSA) is 97.1 Å². The Labute approximate surface area is 127 Å². The average Bonchev–Trinajstić information content (AvgIpc) is 3.12. The number of morpholine rings is 1.